The molecular formula is C23H34N4O2. The van der Waals surface area contributed by atoms with Crippen LogP contribution in [0.4, 0.5) is 0 Å². The summed E-state index contributed by atoms with van der Waals surface area (Å²) in [5, 5.41) is 6.81. The summed E-state index contributed by atoms with van der Waals surface area (Å²) < 4.78 is 10.7. The Hall–Kier alpha value is -2.73. The van der Waals surface area contributed by atoms with Crippen molar-refractivity contribution in [2.75, 3.05) is 41.4 Å². The van der Waals surface area contributed by atoms with Gasteiger partial charge in [0.1, 0.15) is 0 Å². The molecule has 2 rings (SSSR count). The van der Waals surface area contributed by atoms with Crippen molar-refractivity contribution < 1.29 is 9.47 Å². The van der Waals surface area contributed by atoms with Crippen LogP contribution in [0.2, 0.25) is 0 Å². The van der Waals surface area contributed by atoms with Crippen LogP contribution < -0.4 is 20.1 Å². The molecule has 29 heavy (non-hydrogen) atoms. The lowest BCUT2D eigenvalue weighted by Crippen LogP contribution is -2.46. The first-order valence-electron chi connectivity index (χ1n) is 10.0. The molecule has 0 fully saturated rings. The average Bonchev–Trinajstić information content (AvgIpc) is 2.74. The molecule has 6 heteroatoms. The van der Waals surface area contributed by atoms with Gasteiger partial charge in [0, 0.05) is 19.1 Å². The summed E-state index contributed by atoms with van der Waals surface area (Å²) in [6, 6.07) is 16.8. The minimum Gasteiger partial charge on any atom is -0.493 e. The van der Waals surface area contributed by atoms with E-state index >= 15 is 0 Å². The molecule has 0 amide bonds. The van der Waals surface area contributed by atoms with Gasteiger partial charge in [-0.05, 0) is 50.7 Å². The largest absolute Gasteiger partial charge is 0.493 e. The summed E-state index contributed by atoms with van der Waals surface area (Å²) in [4.78, 5) is 6.98. The highest BCUT2D eigenvalue weighted by atomic mass is 16.5. The molecule has 1 atom stereocenters. The smallest absolute Gasteiger partial charge is 0.191 e. The zero-order valence-electron chi connectivity index (χ0n) is 18.2. The molecule has 2 aromatic rings. The molecule has 2 N–H and O–H groups in total. The number of guanidine groups is 1. The van der Waals surface area contributed by atoms with Gasteiger partial charge in [-0.25, -0.2) is 4.99 Å². The van der Waals surface area contributed by atoms with Crippen molar-refractivity contribution in [2.45, 2.75) is 25.9 Å². The summed E-state index contributed by atoms with van der Waals surface area (Å²) in [5.41, 5.74) is 2.40. The van der Waals surface area contributed by atoms with Crippen molar-refractivity contribution in [3.05, 3.63) is 59.7 Å². The van der Waals surface area contributed by atoms with E-state index in [-0.39, 0.29) is 0 Å². The maximum Gasteiger partial charge on any atom is 0.191 e. The van der Waals surface area contributed by atoms with Gasteiger partial charge in [0.25, 0.3) is 0 Å². The Balaban J connectivity index is 2.02. The summed E-state index contributed by atoms with van der Waals surface area (Å²) >= 11 is 0. The highest BCUT2D eigenvalue weighted by Crippen LogP contribution is 2.27. The molecule has 158 valence electrons. The Kier molecular flexibility index (Phi) is 9.31. The van der Waals surface area contributed by atoms with Gasteiger partial charge in [-0.15, -0.1) is 0 Å². The number of aliphatic imine (C=N–C) groups is 1. The normalized spacial score (nSPS) is 12.6. The lowest BCUT2D eigenvalue weighted by atomic mass is 10.1. The minimum atomic E-state index is 0.363. The maximum atomic E-state index is 5.38. The number of nitrogens with one attached hydrogen (secondary N) is 2. The van der Waals surface area contributed by atoms with Gasteiger partial charge in [-0.2, -0.15) is 0 Å². The molecule has 0 saturated carbocycles. The zero-order valence-corrected chi connectivity index (χ0v) is 18.2. The molecule has 0 radical (unpaired) electrons. The average molecular weight is 399 g/mol. The summed E-state index contributed by atoms with van der Waals surface area (Å²) in [7, 11) is 7.51. The Morgan fingerprint density at radius 1 is 0.966 bits per heavy atom. The monoisotopic (exact) mass is 398 g/mol. The van der Waals surface area contributed by atoms with Crippen molar-refractivity contribution in [1.82, 2.24) is 15.5 Å². The SMILES string of the molecule is CCNC(=NCc1ccc(OC)c(OC)c1)NCC(Cc1ccccc1)N(C)C. The third kappa shape index (κ3) is 7.31. The lowest BCUT2D eigenvalue weighted by Gasteiger charge is -2.25. The number of likely N-dealkylation sites (N-methyl/N-ethyl adjacent to an activating group) is 1. The van der Waals surface area contributed by atoms with Crippen LogP contribution in [0.25, 0.3) is 0 Å². The Morgan fingerprint density at radius 2 is 1.69 bits per heavy atom. The highest BCUT2D eigenvalue weighted by Gasteiger charge is 2.13. The molecule has 0 bridgehead atoms. The number of hydrogen-bond donors (Lipinski definition) is 2. The second kappa shape index (κ2) is 12.0. The van der Waals surface area contributed by atoms with E-state index in [1.165, 1.54) is 5.56 Å². The Morgan fingerprint density at radius 3 is 2.31 bits per heavy atom. The van der Waals surface area contributed by atoms with Crippen molar-refractivity contribution in [1.29, 1.82) is 0 Å². The fourth-order valence-corrected chi connectivity index (χ4v) is 3.03. The van der Waals surface area contributed by atoms with Gasteiger partial charge in [-0.1, -0.05) is 36.4 Å². The lowest BCUT2D eigenvalue weighted by molar-refractivity contribution is 0.290. The number of ether oxygens (including phenoxy) is 2. The van der Waals surface area contributed by atoms with Crippen LogP contribution in [0.5, 0.6) is 11.5 Å². The van der Waals surface area contributed by atoms with Crippen LogP contribution in [0, 0.1) is 0 Å². The van der Waals surface area contributed by atoms with E-state index in [4.69, 9.17) is 14.5 Å². The molecular weight excluding hydrogens is 364 g/mol. The van der Waals surface area contributed by atoms with Crippen LogP contribution in [-0.4, -0.2) is 58.3 Å². The third-order valence-electron chi connectivity index (χ3n) is 4.76. The van der Waals surface area contributed by atoms with E-state index in [9.17, 15) is 0 Å². The molecule has 1 unspecified atom stereocenters. The number of rotatable bonds is 10. The van der Waals surface area contributed by atoms with Gasteiger partial charge in [-0.3, -0.25) is 0 Å². The molecule has 0 aromatic heterocycles. The zero-order chi connectivity index (χ0) is 21.1. The van der Waals surface area contributed by atoms with Gasteiger partial charge in [0.15, 0.2) is 17.5 Å². The van der Waals surface area contributed by atoms with Crippen LogP contribution in [0.1, 0.15) is 18.1 Å². The fraction of sp³-hybridized carbons (Fsp3) is 0.435. The molecule has 0 aliphatic heterocycles. The van der Waals surface area contributed by atoms with Gasteiger partial charge < -0.3 is 25.0 Å². The van der Waals surface area contributed by atoms with E-state index in [2.05, 4.69) is 66.9 Å². The predicted octanol–water partition coefficient (Wildman–Crippen LogP) is 2.93. The van der Waals surface area contributed by atoms with Crippen molar-refractivity contribution >= 4 is 5.96 Å². The summed E-state index contributed by atoms with van der Waals surface area (Å²) in [5.74, 6) is 2.25. The first-order valence-corrected chi connectivity index (χ1v) is 10.0. The van der Waals surface area contributed by atoms with Crippen molar-refractivity contribution in [3.8, 4) is 11.5 Å². The van der Waals surface area contributed by atoms with E-state index < -0.39 is 0 Å². The highest BCUT2D eigenvalue weighted by molar-refractivity contribution is 5.79. The van der Waals surface area contributed by atoms with Crippen LogP contribution in [-0.2, 0) is 13.0 Å². The quantitative estimate of drug-likeness (QED) is 0.476. The Bertz CT molecular complexity index is 763. The number of benzene rings is 2. The molecule has 2 aromatic carbocycles. The number of methoxy groups -OCH3 is 2. The van der Waals surface area contributed by atoms with Crippen LogP contribution in [0.15, 0.2) is 53.5 Å². The third-order valence-corrected chi connectivity index (χ3v) is 4.76. The molecule has 0 aliphatic rings. The molecule has 0 spiro atoms. The first kappa shape index (κ1) is 22.6. The summed E-state index contributed by atoms with van der Waals surface area (Å²) in [6.07, 6.45) is 0.982. The van der Waals surface area contributed by atoms with E-state index in [1.807, 2.05) is 18.2 Å². The van der Waals surface area contributed by atoms with Gasteiger partial charge >= 0.3 is 0 Å². The standard InChI is InChI=1S/C23H34N4O2/c1-6-24-23(25-16-19-12-13-21(28-4)22(15-19)29-5)26-17-20(27(2)3)14-18-10-8-7-9-11-18/h7-13,15,20H,6,14,16-17H2,1-5H3,(H2,24,25,26). The van der Waals surface area contributed by atoms with Gasteiger partial charge in [0.2, 0.25) is 0 Å². The maximum absolute atomic E-state index is 5.38. The molecule has 0 heterocycles. The van der Waals surface area contributed by atoms with Gasteiger partial charge in [0.05, 0.1) is 20.8 Å². The van der Waals surface area contributed by atoms with E-state index in [0.29, 0.717) is 18.3 Å². The topological polar surface area (TPSA) is 58.1 Å². The fourth-order valence-electron chi connectivity index (χ4n) is 3.03. The second-order valence-corrected chi connectivity index (χ2v) is 7.07. The molecule has 0 aliphatic carbocycles. The van der Waals surface area contributed by atoms with Crippen LogP contribution in [0.3, 0.4) is 0 Å². The number of nitrogens with zero attached hydrogens (tertiary/aromatic N) is 2. The molecule has 0 saturated heterocycles. The van der Waals surface area contributed by atoms with E-state index in [0.717, 1.165) is 36.8 Å². The van der Waals surface area contributed by atoms with Crippen LogP contribution >= 0.6 is 0 Å². The van der Waals surface area contributed by atoms with Crippen molar-refractivity contribution in [2.24, 2.45) is 4.99 Å². The Labute approximate surface area is 174 Å². The molecule has 6 nitrogen and oxygen atoms in total. The van der Waals surface area contributed by atoms with Crippen molar-refractivity contribution in [3.63, 3.8) is 0 Å². The number of hydrogen-bond acceptors (Lipinski definition) is 4. The second-order valence-electron chi connectivity index (χ2n) is 7.07. The van der Waals surface area contributed by atoms with E-state index in [1.54, 1.807) is 14.2 Å². The minimum absolute atomic E-state index is 0.363. The first-order chi connectivity index (χ1) is 14.1. The summed E-state index contributed by atoms with van der Waals surface area (Å²) in [6.45, 7) is 4.24. The predicted molar refractivity (Wildman–Crippen MR) is 120 cm³/mol.